The van der Waals surface area contributed by atoms with Crippen LogP contribution in [0.15, 0.2) is 12.1 Å². The van der Waals surface area contributed by atoms with Gasteiger partial charge in [0.1, 0.15) is 0 Å². The maximum atomic E-state index is 12.1. The Morgan fingerprint density at radius 3 is 2.79 bits per heavy atom. The van der Waals surface area contributed by atoms with Crippen molar-refractivity contribution in [2.75, 3.05) is 11.4 Å². The lowest BCUT2D eigenvalue weighted by molar-refractivity contribution is -0.389. The van der Waals surface area contributed by atoms with Crippen LogP contribution >= 0.6 is 0 Å². The lowest BCUT2D eigenvalue weighted by atomic mass is 10.1. The van der Waals surface area contributed by atoms with Gasteiger partial charge in [-0.25, -0.2) is 0 Å². The number of nitro groups is 1. The number of ether oxygens (including phenoxy) is 1. The third kappa shape index (κ3) is 2.49. The number of anilines is 1. The van der Waals surface area contributed by atoms with Gasteiger partial charge in [0.15, 0.2) is 11.9 Å². The van der Waals surface area contributed by atoms with Crippen molar-refractivity contribution in [3.05, 3.63) is 22.2 Å². The molecule has 0 fully saturated rings. The molecule has 0 aromatic carbocycles. The number of nitrogens with zero attached hydrogens (tertiary/aromatic N) is 3. The minimum absolute atomic E-state index is 0.225. The Hall–Kier alpha value is -2.18. The molecule has 1 aromatic rings. The summed E-state index contributed by atoms with van der Waals surface area (Å²) in [5.41, 5.74) is 0. The molecule has 0 aliphatic carbocycles. The van der Waals surface area contributed by atoms with Gasteiger partial charge in [-0.2, -0.15) is 0 Å². The molecule has 1 unspecified atom stereocenters. The van der Waals surface area contributed by atoms with E-state index in [0.717, 1.165) is 0 Å². The second kappa shape index (κ2) is 4.83. The number of hydrogen-bond donors (Lipinski definition) is 0. The molecule has 19 heavy (non-hydrogen) atoms. The van der Waals surface area contributed by atoms with Crippen LogP contribution < -0.4 is 9.64 Å². The van der Waals surface area contributed by atoms with Crippen molar-refractivity contribution in [1.29, 1.82) is 0 Å². The quantitative estimate of drug-likeness (QED) is 0.614. The molecule has 2 heterocycles. The van der Waals surface area contributed by atoms with Crippen LogP contribution in [0, 0.1) is 16.0 Å². The van der Waals surface area contributed by atoms with Crippen LogP contribution in [0.4, 0.5) is 11.6 Å². The summed E-state index contributed by atoms with van der Waals surface area (Å²) in [6.45, 7) is 6.03. The molecule has 1 amide bonds. The van der Waals surface area contributed by atoms with Crippen LogP contribution in [-0.2, 0) is 4.79 Å². The zero-order valence-electron chi connectivity index (χ0n) is 11.0. The molecule has 1 atom stereocenters. The van der Waals surface area contributed by atoms with E-state index in [9.17, 15) is 14.9 Å². The first kappa shape index (κ1) is 13.3. The molecule has 0 saturated heterocycles. The Balaban J connectivity index is 2.47. The van der Waals surface area contributed by atoms with E-state index >= 15 is 0 Å². The van der Waals surface area contributed by atoms with Crippen molar-refractivity contribution in [1.82, 2.24) is 4.98 Å². The van der Waals surface area contributed by atoms with E-state index in [2.05, 4.69) is 4.98 Å². The molecule has 7 nitrogen and oxygen atoms in total. The molecule has 2 rings (SSSR count). The van der Waals surface area contributed by atoms with Crippen LogP contribution in [0.5, 0.6) is 5.75 Å². The minimum Gasteiger partial charge on any atom is -0.475 e. The van der Waals surface area contributed by atoms with Gasteiger partial charge in [-0.05, 0) is 28.8 Å². The molecular weight excluding hydrogens is 250 g/mol. The predicted octanol–water partition coefficient (Wildman–Crippen LogP) is 1.76. The molecule has 7 heteroatoms. The van der Waals surface area contributed by atoms with Gasteiger partial charge in [-0.1, -0.05) is 13.8 Å². The van der Waals surface area contributed by atoms with E-state index in [1.165, 1.54) is 17.0 Å². The summed E-state index contributed by atoms with van der Waals surface area (Å²) in [7, 11) is 0. The molecule has 0 radical (unpaired) electrons. The van der Waals surface area contributed by atoms with Gasteiger partial charge < -0.3 is 14.9 Å². The Kier molecular flexibility index (Phi) is 3.37. The van der Waals surface area contributed by atoms with E-state index in [1.807, 2.05) is 13.8 Å². The van der Waals surface area contributed by atoms with Crippen LogP contribution in [-0.4, -0.2) is 28.5 Å². The summed E-state index contributed by atoms with van der Waals surface area (Å²) < 4.78 is 5.41. The SMILES string of the molecule is CC(C)CN1C(=O)C(C)Oc2ccc([N+](=O)[O-])nc21. The highest BCUT2D eigenvalue weighted by atomic mass is 16.6. The molecule has 0 spiro atoms. The monoisotopic (exact) mass is 265 g/mol. The topological polar surface area (TPSA) is 85.6 Å². The van der Waals surface area contributed by atoms with E-state index in [-0.39, 0.29) is 23.5 Å². The molecule has 1 aliphatic heterocycles. The number of pyridine rings is 1. The smallest absolute Gasteiger partial charge is 0.366 e. The highest BCUT2D eigenvalue weighted by Gasteiger charge is 2.36. The lowest BCUT2D eigenvalue weighted by Gasteiger charge is -2.30. The summed E-state index contributed by atoms with van der Waals surface area (Å²) in [5.74, 6) is 0.333. The van der Waals surface area contributed by atoms with E-state index in [1.54, 1.807) is 6.92 Å². The highest BCUT2D eigenvalue weighted by molar-refractivity contribution is 5.98. The zero-order valence-corrected chi connectivity index (χ0v) is 11.0. The lowest BCUT2D eigenvalue weighted by Crippen LogP contribution is -2.46. The average Bonchev–Trinajstić information content (AvgIpc) is 2.34. The van der Waals surface area contributed by atoms with E-state index in [4.69, 9.17) is 4.74 Å². The molecule has 1 aromatic heterocycles. The van der Waals surface area contributed by atoms with Crippen LogP contribution in [0.25, 0.3) is 0 Å². The van der Waals surface area contributed by atoms with Gasteiger partial charge in [0.2, 0.25) is 0 Å². The largest absolute Gasteiger partial charge is 0.475 e. The maximum absolute atomic E-state index is 12.1. The number of carbonyl (C=O) groups is 1. The second-order valence-electron chi connectivity index (χ2n) is 4.85. The zero-order chi connectivity index (χ0) is 14.2. The fourth-order valence-electron chi connectivity index (χ4n) is 1.92. The Morgan fingerprint density at radius 2 is 2.21 bits per heavy atom. The van der Waals surface area contributed by atoms with Crippen molar-refractivity contribution < 1.29 is 14.5 Å². The van der Waals surface area contributed by atoms with Gasteiger partial charge in [-0.15, -0.1) is 0 Å². The number of fused-ring (bicyclic) bond motifs is 1. The number of rotatable bonds is 3. The number of hydrogen-bond acceptors (Lipinski definition) is 5. The molecule has 0 N–H and O–H groups in total. The first-order valence-corrected chi connectivity index (χ1v) is 6.03. The summed E-state index contributed by atoms with van der Waals surface area (Å²) in [5, 5.41) is 10.8. The van der Waals surface area contributed by atoms with Crippen LogP contribution in [0.1, 0.15) is 20.8 Å². The predicted molar refractivity (Wildman–Crippen MR) is 68.2 cm³/mol. The fraction of sp³-hybridized carbons (Fsp3) is 0.500. The van der Waals surface area contributed by atoms with Crippen molar-refractivity contribution in [2.24, 2.45) is 5.92 Å². The van der Waals surface area contributed by atoms with Gasteiger partial charge in [0.25, 0.3) is 11.7 Å². The Labute approximate surface area is 110 Å². The second-order valence-corrected chi connectivity index (χ2v) is 4.85. The number of carbonyl (C=O) groups excluding carboxylic acids is 1. The summed E-state index contributed by atoms with van der Waals surface area (Å²) in [4.78, 5) is 27.6. The Morgan fingerprint density at radius 1 is 1.53 bits per heavy atom. The molecular formula is C12H15N3O4. The minimum atomic E-state index is -0.602. The van der Waals surface area contributed by atoms with Gasteiger partial charge in [0, 0.05) is 12.6 Å². The summed E-state index contributed by atoms with van der Waals surface area (Å²) in [6.07, 6.45) is -0.602. The van der Waals surface area contributed by atoms with E-state index < -0.39 is 11.0 Å². The maximum Gasteiger partial charge on any atom is 0.366 e. The highest BCUT2D eigenvalue weighted by Crippen LogP contribution is 2.34. The van der Waals surface area contributed by atoms with Crippen molar-refractivity contribution in [3.8, 4) is 5.75 Å². The summed E-state index contributed by atoms with van der Waals surface area (Å²) in [6, 6.07) is 2.76. The van der Waals surface area contributed by atoms with Crippen molar-refractivity contribution >= 4 is 17.5 Å². The normalized spacial score (nSPS) is 18.2. The molecule has 102 valence electrons. The fourth-order valence-corrected chi connectivity index (χ4v) is 1.92. The van der Waals surface area contributed by atoms with Gasteiger partial charge >= 0.3 is 5.82 Å². The standard InChI is InChI=1S/C12H15N3O4/c1-7(2)6-14-11-9(19-8(3)12(14)16)4-5-10(13-11)15(17)18/h4-5,7-8H,6H2,1-3H3. The number of amides is 1. The van der Waals surface area contributed by atoms with Gasteiger partial charge in [-0.3, -0.25) is 9.69 Å². The third-order valence-electron chi connectivity index (χ3n) is 2.73. The Bertz CT molecular complexity index is 530. The molecule has 0 saturated carbocycles. The third-order valence-corrected chi connectivity index (χ3v) is 2.73. The average molecular weight is 265 g/mol. The van der Waals surface area contributed by atoms with Crippen LogP contribution in [0.3, 0.4) is 0 Å². The van der Waals surface area contributed by atoms with Crippen molar-refractivity contribution in [3.63, 3.8) is 0 Å². The molecule has 0 bridgehead atoms. The first-order valence-electron chi connectivity index (χ1n) is 6.03. The van der Waals surface area contributed by atoms with Gasteiger partial charge in [0.05, 0.1) is 0 Å². The van der Waals surface area contributed by atoms with Crippen LogP contribution in [0.2, 0.25) is 0 Å². The number of aromatic nitrogens is 1. The van der Waals surface area contributed by atoms with Crippen molar-refractivity contribution in [2.45, 2.75) is 26.9 Å². The summed E-state index contributed by atoms with van der Waals surface area (Å²) >= 11 is 0. The van der Waals surface area contributed by atoms with E-state index in [0.29, 0.717) is 12.3 Å². The molecule has 1 aliphatic rings. The first-order chi connectivity index (χ1) is 8.90.